The lowest BCUT2D eigenvalue weighted by atomic mass is 10.1. The second-order valence-corrected chi connectivity index (χ2v) is 9.61. The van der Waals surface area contributed by atoms with Gasteiger partial charge in [-0.25, -0.2) is 8.42 Å². The Bertz CT molecular complexity index is 1180. The second kappa shape index (κ2) is 7.40. The monoisotopic (exact) mass is 402 g/mol. The molecule has 0 aliphatic heterocycles. The Morgan fingerprint density at radius 2 is 1.70 bits per heavy atom. The average molecular weight is 403 g/mol. The summed E-state index contributed by atoms with van der Waals surface area (Å²) in [6.45, 7) is 8.60. The number of fused-ring (bicyclic) bond motifs is 1. The summed E-state index contributed by atoms with van der Waals surface area (Å²) in [5.74, 6) is -1.29. The number of benzene rings is 2. The molecule has 0 N–H and O–H groups in total. The number of carbonyl (C=O) groups excluding carboxylic acids is 1. The van der Waals surface area contributed by atoms with Gasteiger partial charge in [-0.05, 0) is 63.1 Å². The van der Waals surface area contributed by atoms with E-state index in [-0.39, 0.29) is 4.90 Å². The number of amides is 1. The summed E-state index contributed by atoms with van der Waals surface area (Å²) < 4.78 is 27.9. The molecule has 0 fully saturated rings. The van der Waals surface area contributed by atoms with Crippen LogP contribution in [0.2, 0.25) is 0 Å². The summed E-state index contributed by atoms with van der Waals surface area (Å²) >= 11 is 1.40. The van der Waals surface area contributed by atoms with Crippen LogP contribution in [0.25, 0.3) is 10.2 Å². The van der Waals surface area contributed by atoms with E-state index in [2.05, 4.69) is 17.1 Å². The standard InChI is InChI=1S/C20H22N2O3S2/c1-5-22-17-10-14(3)15(4)11-18(17)26-20(22)21-19(23)12-27(24,25)16-8-6-13(2)7-9-16/h6-11H,5,12H2,1-4H3. The van der Waals surface area contributed by atoms with E-state index in [0.29, 0.717) is 11.3 Å². The van der Waals surface area contributed by atoms with Gasteiger partial charge in [0.25, 0.3) is 5.91 Å². The number of sulfone groups is 1. The molecule has 5 nitrogen and oxygen atoms in total. The minimum atomic E-state index is -3.71. The molecular formula is C20H22N2O3S2. The maximum atomic E-state index is 12.5. The molecule has 0 saturated carbocycles. The second-order valence-electron chi connectivity index (χ2n) is 6.61. The van der Waals surface area contributed by atoms with Crippen molar-refractivity contribution in [1.82, 2.24) is 4.57 Å². The molecule has 1 heterocycles. The zero-order valence-electron chi connectivity index (χ0n) is 15.8. The number of nitrogens with zero attached hydrogens (tertiary/aromatic N) is 2. The summed E-state index contributed by atoms with van der Waals surface area (Å²) in [6, 6.07) is 10.6. The minimum absolute atomic E-state index is 0.141. The van der Waals surface area contributed by atoms with Crippen molar-refractivity contribution in [2.45, 2.75) is 39.1 Å². The van der Waals surface area contributed by atoms with Gasteiger partial charge in [-0.15, -0.1) is 0 Å². The Kier molecular flexibility index (Phi) is 5.35. The summed E-state index contributed by atoms with van der Waals surface area (Å²) in [5, 5.41) is 0. The van der Waals surface area contributed by atoms with Crippen LogP contribution in [0.3, 0.4) is 0 Å². The first kappa shape index (κ1) is 19.5. The van der Waals surface area contributed by atoms with Crippen LogP contribution in [-0.4, -0.2) is 24.6 Å². The average Bonchev–Trinajstić information content (AvgIpc) is 2.90. The first-order valence-electron chi connectivity index (χ1n) is 8.69. The van der Waals surface area contributed by atoms with Gasteiger partial charge in [-0.1, -0.05) is 29.0 Å². The van der Waals surface area contributed by atoms with Crippen molar-refractivity contribution >= 4 is 37.3 Å². The number of hydrogen-bond acceptors (Lipinski definition) is 4. The lowest BCUT2D eigenvalue weighted by Crippen LogP contribution is -2.20. The van der Waals surface area contributed by atoms with Gasteiger partial charge < -0.3 is 4.57 Å². The van der Waals surface area contributed by atoms with Gasteiger partial charge in [0.1, 0.15) is 5.75 Å². The highest BCUT2D eigenvalue weighted by Crippen LogP contribution is 2.22. The number of carbonyl (C=O) groups is 1. The fourth-order valence-electron chi connectivity index (χ4n) is 2.84. The highest BCUT2D eigenvalue weighted by Gasteiger charge is 2.19. The number of rotatable bonds is 4. The van der Waals surface area contributed by atoms with Crippen molar-refractivity contribution in [3.05, 3.63) is 57.9 Å². The molecule has 2 aromatic carbocycles. The number of aryl methyl sites for hydroxylation is 4. The molecule has 27 heavy (non-hydrogen) atoms. The Labute approximate surface area is 162 Å². The Hall–Kier alpha value is -2.25. The lowest BCUT2D eigenvalue weighted by Gasteiger charge is -2.04. The van der Waals surface area contributed by atoms with E-state index >= 15 is 0 Å². The van der Waals surface area contributed by atoms with E-state index < -0.39 is 21.5 Å². The van der Waals surface area contributed by atoms with Gasteiger partial charge in [0.15, 0.2) is 14.6 Å². The van der Waals surface area contributed by atoms with Crippen molar-refractivity contribution < 1.29 is 13.2 Å². The molecule has 3 aromatic rings. The highest BCUT2D eigenvalue weighted by molar-refractivity contribution is 7.92. The molecular weight excluding hydrogens is 380 g/mol. The number of thiazole rings is 1. The maximum Gasteiger partial charge on any atom is 0.263 e. The molecule has 142 valence electrons. The van der Waals surface area contributed by atoms with Crippen LogP contribution in [-0.2, 0) is 21.2 Å². The molecule has 0 aliphatic carbocycles. The fourth-order valence-corrected chi connectivity index (χ4v) is 5.14. The molecule has 0 spiro atoms. The molecule has 1 amide bonds. The smallest absolute Gasteiger partial charge is 0.263 e. The van der Waals surface area contributed by atoms with Crippen LogP contribution < -0.4 is 4.80 Å². The van der Waals surface area contributed by atoms with Crippen LogP contribution in [0.1, 0.15) is 23.6 Å². The molecule has 1 aromatic heterocycles. The molecule has 0 saturated heterocycles. The van der Waals surface area contributed by atoms with Gasteiger partial charge in [0.2, 0.25) is 0 Å². The van der Waals surface area contributed by atoms with E-state index in [1.165, 1.54) is 34.6 Å². The number of aromatic nitrogens is 1. The fraction of sp³-hybridized carbons (Fsp3) is 0.300. The molecule has 0 radical (unpaired) electrons. The van der Waals surface area contributed by atoms with Crippen LogP contribution in [0.5, 0.6) is 0 Å². The molecule has 3 rings (SSSR count). The van der Waals surface area contributed by atoms with E-state index in [1.54, 1.807) is 12.1 Å². The third-order valence-corrected chi connectivity index (χ3v) is 7.19. The van der Waals surface area contributed by atoms with Gasteiger partial charge >= 0.3 is 0 Å². The predicted molar refractivity (Wildman–Crippen MR) is 109 cm³/mol. The highest BCUT2D eigenvalue weighted by atomic mass is 32.2. The van der Waals surface area contributed by atoms with Crippen molar-refractivity contribution in [3.63, 3.8) is 0 Å². The Morgan fingerprint density at radius 3 is 2.33 bits per heavy atom. The van der Waals surface area contributed by atoms with Crippen molar-refractivity contribution in [1.29, 1.82) is 0 Å². The molecule has 0 atom stereocenters. The Morgan fingerprint density at radius 1 is 1.07 bits per heavy atom. The van der Waals surface area contributed by atoms with Gasteiger partial charge in [-0.2, -0.15) is 4.99 Å². The largest absolute Gasteiger partial charge is 0.317 e. The first-order valence-corrected chi connectivity index (χ1v) is 11.2. The van der Waals surface area contributed by atoms with E-state index in [4.69, 9.17) is 0 Å². The summed E-state index contributed by atoms with van der Waals surface area (Å²) in [5.41, 5.74) is 4.32. The van der Waals surface area contributed by atoms with Crippen LogP contribution in [0.4, 0.5) is 0 Å². The SMILES string of the molecule is CCn1c(=NC(=O)CS(=O)(=O)c2ccc(C)cc2)sc2cc(C)c(C)cc21. The third kappa shape index (κ3) is 4.04. The quantitative estimate of drug-likeness (QED) is 0.670. The summed E-state index contributed by atoms with van der Waals surface area (Å²) in [7, 11) is -3.71. The normalized spacial score (nSPS) is 12.7. The minimum Gasteiger partial charge on any atom is -0.317 e. The molecule has 7 heteroatoms. The van der Waals surface area contributed by atoms with Crippen LogP contribution in [0.15, 0.2) is 46.3 Å². The lowest BCUT2D eigenvalue weighted by molar-refractivity contribution is -0.115. The van der Waals surface area contributed by atoms with Gasteiger partial charge in [0, 0.05) is 6.54 Å². The van der Waals surface area contributed by atoms with Gasteiger partial charge in [-0.3, -0.25) is 4.79 Å². The predicted octanol–water partition coefficient (Wildman–Crippen LogP) is 3.55. The molecule has 0 unspecified atom stereocenters. The van der Waals surface area contributed by atoms with Crippen LogP contribution >= 0.6 is 11.3 Å². The van der Waals surface area contributed by atoms with Crippen molar-refractivity contribution in [2.24, 2.45) is 4.99 Å². The van der Waals surface area contributed by atoms with Crippen LogP contribution in [0, 0.1) is 20.8 Å². The van der Waals surface area contributed by atoms with E-state index in [0.717, 1.165) is 15.8 Å². The molecule has 0 bridgehead atoms. The molecule has 0 aliphatic rings. The van der Waals surface area contributed by atoms with E-state index in [9.17, 15) is 13.2 Å². The zero-order chi connectivity index (χ0) is 19.8. The maximum absolute atomic E-state index is 12.5. The van der Waals surface area contributed by atoms with Crippen molar-refractivity contribution in [3.8, 4) is 0 Å². The summed E-state index contributed by atoms with van der Waals surface area (Å²) in [4.78, 5) is 17.2. The topological polar surface area (TPSA) is 68.5 Å². The number of hydrogen-bond donors (Lipinski definition) is 0. The first-order chi connectivity index (χ1) is 12.7. The van der Waals surface area contributed by atoms with E-state index in [1.807, 2.05) is 32.3 Å². The van der Waals surface area contributed by atoms with Crippen molar-refractivity contribution in [2.75, 3.05) is 5.75 Å². The summed E-state index contributed by atoms with van der Waals surface area (Å²) in [6.07, 6.45) is 0. The third-order valence-electron chi connectivity index (χ3n) is 4.53. The Balaban J connectivity index is 1.98. The van der Waals surface area contributed by atoms with Gasteiger partial charge in [0.05, 0.1) is 15.1 Å². The zero-order valence-corrected chi connectivity index (χ0v) is 17.4.